The summed E-state index contributed by atoms with van der Waals surface area (Å²) in [6.07, 6.45) is 5.65. The van der Waals surface area contributed by atoms with Crippen LogP contribution in [0.3, 0.4) is 0 Å². The molecule has 7 nitrogen and oxygen atoms in total. The molecule has 1 aromatic carbocycles. The van der Waals surface area contributed by atoms with Crippen molar-refractivity contribution in [2.45, 2.75) is 26.1 Å². The molecule has 4 rings (SSSR count). The number of para-hydroxylation sites is 1. The van der Waals surface area contributed by atoms with Gasteiger partial charge in [-0.3, -0.25) is 14.7 Å². The molecule has 1 fully saturated rings. The van der Waals surface area contributed by atoms with E-state index in [0.29, 0.717) is 17.8 Å². The van der Waals surface area contributed by atoms with Crippen molar-refractivity contribution in [3.8, 4) is 16.9 Å². The van der Waals surface area contributed by atoms with Crippen LogP contribution in [0.25, 0.3) is 16.9 Å². The third kappa shape index (κ3) is 4.75. The lowest BCUT2D eigenvalue weighted by molar-refractivity contribution is -0.0672. The third-order valence-corrected chi connectivity index (χ3v) is 5.12. The van der Waals surface area contributed by atoms with Crippen LogP contribution < -0.4 is 5.32 Å². The number of nitrogens with zero attached hydrogens (tertiary/aromatic N) is 4. The number of ether oxygens (including phenoxy) is 1. The summed E-state index contributed by atoms with van der Waals surface area (Å²) < 4.78 is 7.52. The molecule has 0 spiro atoms. The predicted molar refractivity (Wildman–Crippen MR) is 116 cm³/mol. The fourth-order valence-corrected chi connectivity index (χ4v) is 3.86. The molecule has 0 bridgehead atoms. The number of benzene rings is 1. The van der Waals surface area contributed by atoms with E-state index in [1.54, 1.807) is 23.3 Å². The van der Waals surface area contributed by atoms with Crippen LogP contribution >= 0.6 is 0 Å². The molecule has 1 aliphatic rings. The quantitative estimate of drug-likeness (QED) is 0.683. The highest BCUT2D eigenvalue weighted by molar-refractivity contribution is 5.99. The number of hydrogen-bond donors (Lipinski definition) is 1. The summed E-state index contributed by atoms with van der Waals surface area (Å²) in [5.41, 5.74) is 2.87. The van der Waals surface area contributed by atoms with Crippen molar-refractivity contribution in [2.75, 3.05) is 26.2 Å². The van der Waals surface area contributed by atoms with Crippen LogP contribution in [0.2, 0.25) is 0 Å². The lowest BCUT2D eigenvalue weighted by Gasteiger charge is -2.35. The number of nitrogens with one attached hydrogen (secondary N) is 1. The van der Waals surface area contributed by atoms with Gasteiger partial charge in [0, 0.05) is 50.3 Å². The molecule has 7 heteroatoms. The Labute approximate surface area is 176 Å². The number of aromatic nitrogens is 3. The van der Waals surface area contributed by atoms with Crippen LogP contribution in [0.1, 0.15) is 24.2 Å². The highest BCUT2D eigenvalue weighted by atomic mass is 16.5. The molecule has 2 atom stereocenters. The van der Waals surface area contributed by atoms with Crippen molar-refractivity contribution in [1.29, 1.82) is 0 Å². The van der Waals surface area contributed by atoms with Crippen LogP contribution in [0, 0.1) is 0 Å². The van der Waals surface area contributed by atoms with Crippen LogP contribution in [0.15, 0.2) is 61.1 Å². The number of amides is 1. The zero-order chi connectivity index (χ0) is 20.9. The second-order valence-electron chi connectivity index (χ2n) is 7.69. The molecule has 0 saturated carbocycles. The second kappa shape index (κ2) is 9.19. The molecule has 1 saturated heterocycles. The first-order chi connectivity index (χ1) is 14.6. The first-order valence-electron chi connectivity index (χ1n) is 10.3. The van der Waals surface area contributed by atoms with Gasteiger partial charge in [-0.05, 0) is 38.1 Å². The maximum Gasteiger partial charge on any atom is 0.255 e. The van der Waals surface area contributed by atoms with E-state index in [9.17, 15) is 4.79 Å². The van der Waals surface area contributed by atoms with Gasteiger partial charge in [0.15, 0.2) is 0 Å². The average Bonchev–Trinajstić information content (AvgIpc) is 3.20. The van der Waals surface area contributed by atoms with Gasteiger partial charge in [-0.1, -0.05) is 18.2 Å². The Balaban J connectivity index is 1.50. The molecule has 2 unspecified atom stereocenters. The maximum atomic E-state index is 13.0. The minimum absolute atomic E-state index is 0.134. The van der Waals surface area contributed by atoms with Gasteiger partial charge in [-0.15, -0.1) is 0 Å². The van der Waals surface area contributed by atoms with Crippen LogP contribution in [0.4, 0.5) is 0 Å². The smallest absolute Gasteiger partial charge is 0.255 e. The zero-order valence-corrected chi connectivity index (χ0v) is 17.4. The highest BCUT2D eigenvalue weighted by Gasteiger charge is 2.23. The van der Waals surface area contributed by atoms with Crippen LogP contribution in [-0.2, 0) is 4.74 Å². The Morgan fingerprint density at radius 3 is 2.60 bits per heavy atom. The van der Waals surface area contributed by atoms with Crippen molar-refractivity contribution in [1.82, 2.24) is 25.0 Å². The number of hydrogen-bond acceptors (Lipinski definition) is 5. The summed E-state index contributed by atoms with van der Waals surface area (Å²) in [6.45, 7) is 7.29. The average molecular weight is 406 g/mol. The Kier molecular flexibility index (Phi) is 6.21. The third-order valence-electron chi connectivity index (χ3n) is 5.12. The number of carbonyl (C=O) groups excluding carboxylic acids is 1. The Hall–Kier alpha value is -3.03. The monoisotopic (exact) mass is 405 g/mol. The molecule has 1 amide bonds. The van der Waals surface area contributed by atoms with Gasteiger partial charge < -0.3 is 10.1 Å². The summed E-state index contributed by atoms with van der Waals surface area (Å²) in [6, 6.07) is 13.5. The molecular weight excluding hydrogens is 378 g/mol. The Morgan fingerprint density at radius 2 is 1.90 bits per heavy atom. The van der Waals surface area contributed by atoms with Crippen molar-refractivity contribution < 1.29 is 9.53 Å². The Morgan fingerprint density at radius 1 is 1.13 bits per heavy atom. The maximum absolute atomic E-state index is 13.0. The summed E-state index contributed by atoms with van der Waals surface area (Å²) in [4.78, 5) is 19.5. The first kappa shape index (κ1) is 20.3. The molecule has 0 radical (unpaired) electrons. The van der Waals surface area contributed by atoms with E-state index in [1.165, 1.54) is 0 Å². The molecule has 156 valence electrons. The van der Waals surface area contributed by atoms with Crippen molar-refractivity contribution in [3.05, 3.63) is 66.6 Å². The highest BCUT2D eigenvalue weighted by Crippen LogP contribution is 2.23. The summed E-state index contributed by atoms with van der Waals surface area (Å²) >= 11 is 0. The van der Waals surface area contributed by atoms with Gasteiger partial charge in [-0.25, -0.2) is 4.68 Å². The second-order valence-corrected chi connectivity index (χ2v) is 7.69. The van der Waals surface area contributed by atoms with Gasteiger partial charge in [0.2, 0.25) is 0 Å². The van der Waals surface area contributed by atoms with Crippen molar-refractivity contribution in [2.24, 2.45) is 0 Å². The topological polar surface area (TPSA) is 72.3 Å². The van der Waals surface area contributed by atoms with Crippen molar-refractivity contribution >= 4 is 5.91 Å². The molecule has 30 heavy (non-hydrogen) atoms. The van der Waals surface area contributed by atoms with E-state index in [1.807, 2.05) is 42.5 Å². The standard InChI is InChI=1S/C23H27N5O2/c1-17-14-27(15-18(2)30-17)12-11-25-23(29)21-16-28(20-8-4-3-5-9-20)26-22(21)19-7-6-10-24-13-19/h3-10,13,16-18H,11-12,14-15H2,1-2H3,(H,25,29). The molecule has 0 aliphatic carbocycles. The molecule has 1 N–H and O–H groups in total. The lowest BCUT2D eigenvalue weighted by Crippen LogP contribution is -2.47. The molecule has 3 aromatic rings. The minimum atomic E-state index is -0.134. The number of rotatable bonds is 6. The van der Waals surface area contributed by atoms with E-state index < -0.39 is 0 Å². The summed E-state index contributed by atoms with van der Waals surface area (Å²) in [5, 5.41) is 7.73. The van der Waals surface area contributed by atoms with E-state index >= 15 is 0 Å². The van der Waals surface area contributed by atoms with Gasteiger partial charge in [0.05, 0.1) is 23.5 Å². The van der Waals surface area contributed by atoms with E-state index in [-0.39, 0.29) is 18.1 Å². The van der Waals surface area contributed by atoms with Crippen LogP contribution in [0.5, 0.6) is 0 Å². The van der Waals surface area contributed by atoms with Gasteiger partial charge in [-0.2, -0.15) is 5.10 Å². The minimum Gasteiger partial charge on any atom is -0.373 e. The molecule has 3 heterocycles. The SMILES string of the molecule is CC1CN(CCNC(=O)c2cn(-c3ccccc3)nc2-c2cccnc2)CC(C)O1. The number of pyridine rings is 1. The molecule has 1 aliphatic heterocycles. The van der Waals surface area contributed by atoms with E-state index in [0.717, 1.165) is 30.9 Å². The summed E-state index contributed by atoms with van der Waals surface area (Å²) in [7, 11) is 0. The first-order valence-corrected chi connectivity index (χ1v) is 10.3. The van der Waals surface area contributed by atoms with Crippen LogP contribution in [-0.4, -0.2) is 64.0 Å². The van der Waals surface area contributed by atoms with Gasteiger partial charge >= 0.3 is 0 Å². The number of carbonyl (C=O) groups is 1. The van der Waals surface area contributed by atoms with E-state index in [2.05, 4.69) is 34.1 Å². The largest absolute Gasteiger partial charge is 0.373 e. The predicted octanol–water partition coefficient (Wildman–Crippen LogP) is 2.77. The molecular formula is C23H27N5O2. The van der Waals surface area contributed by atoms with E-state index in [4.69, 9.17) is 4.74 Å². The Bertz CT molecular complexity index is 964. The fraction of sp³-hybridized carbons (Fsp3) is 0.348. The van der Waals surface area contributed by atoms with Gasteiger partial charge in [0.1, 0.15) is 5.69 Å². The number of morpholine rings is 1. The molecule has 2 aromatic heterocycles. The van der Waals surface area contributed by atoms with Crippen molar-refractivity contribution in [3.63, 3.8) is 0 Å². The summed E-state index contributed by atoms with van der Waals surface area (Å²) in [5.74, 6) is -0.134. The zero-order valence-electron chi connectivity index (χ0n) is 17.4. The van der Waals surface area contributed by atoms with Gasteiger partial charge in [0.25, 0.3) is 5.91 Å². The normalized spacial score (nSPS) is 19.5. The lowest BCUT2D eigenvalue weighted by atomic mass is 10.1. The fourth-order valence-electron chi connectivity index (χ4n) is 3.86.